The highest BCUT2D eigenvalue weighted by atomic mass is 16.6. The van der Waals surface area contributed by atoms with E-state index in [0.29, 0.717) is 5.69 Å². The fourth-order valence-corrected chi connectivity index (χ4v) is 3.07. The van der Waals surface area contributed by atoms with Crippen LogP contribution in [0.4, 0.5) is 11.4 Å². The van der Waals surface area contributed by atoms with Crippen LogP contribution in [-0.4, -0.2) is 36.3 Å². The molecule has 164 valence electrons. The monoisotopic (exact) mass is 436 g/mol. The van der Waals surface area contributed by atoms with Crippen molar-refractivity contribution in [3.05, 3.63) is 76.3 Å². The number of carbonyl (C=O) groups is 3. The summed E-state index contributed by atoms with van der Waals surface area (Å²) >= 11 is 0. The van der Waals surface area contributed by atoms with Gasteiger partial charge in [0.1, 0.15) is 0 Å². The second-order valence-corrected chi connectivity index (χ2v) is 6.80. The summed E-state index contributed by atoms with van der Waals surface area (Å²) in [6, 6.07) is 16.8. The molecule has 0 bridgehead atoms. The fraction of sp³-hybridized carbons (Fsp3) is 0.174. The van der Waals surface area contributed by atoms with E-state index in [1.807, 2.05) is 36.4 Å². The smallest absolute Gasteiger partial charge is 0.311 e. The highest BCUT2D eigenvalue weighted by Crippen LogP contribution is 2.27. The number of benzene rings is 3. The minimum Gasteiger partial charge on any atom is -0.490 e. The molecule has 1 N–H and O–H groups in total. The van der Waals surface area contributed by atoms with Crippen LogP contribution in [0.15, 0.2) is 60.7 Å². The predicted molar refractivity (Wildman–Crippen MR) is 117 cm³/mol. The first-order chi connectivity index (χ1) is 15.4. The molecule has 0 atom stereocenters. The molecule has 0 saturated carbocycles. The summed E-state index contributed by atoms with van der Waals surface area (Å²) in [4.78, 5) is 46.8. The van der Waals surface area contributed by atoms with Crippen molar-refractivity contribution in [1.82, 2.24) is 0 Å². The van der Waals surface area contributed by atoms with Gasteiger partial charge in [0.25, 0.3) is 0 Å². The number of anilines is 1. The number of hydrogen-bond acceptors (Lipinski definition) is 7. The molecular formula is C23H20N2O7. The molecule has 3 aromatic carbocycles. The maximum Gasteiger partial charge on any atom is 0.311 e. The summed E-state index contributed by atoms with van der Waals surface area (Å²) in [5, 5.41) is 15.7. The normalized spacial score (nSPS) is 10.4. The highest BCUT2D eigenvalue weighted by Gasteiger charge is 2.19. The first-order valence-electron chi connectivity index (χ1n) is 9.68. The Balaban J connectivity index is 1.51. The van der Waals surface area contributed by atoms with Crippen LogP contribution < -0.4 is 10.1 Å². The highest BCUT2D eigenvalue weighted by molar-refractivity contribution is 6.03. The van der Waals surface area contributed by atoms with E-state index in [4.69, 9.17) is 9.47 Å². The van der Waals surface area contributed by atoms with Gasteiger partial charge in [-0.15, -0.1) is 0 Å². The molecule has 1 amide bonds. The maximum atomic E-state index is 12.2. The number of fused-ring (bicyclic) bond motifs is 1. The van der Waals surface area contributed by atoms with Crippen LogP contribution >= 0.6 is 0 Å². The lowest BCUT2D eigenvalue weighted by atomic mass is 10.1. The van der Waals surface area contributed by atoms with Crippen LogP contribution in [0.3, 0.4) is 0 Å². The first kappa shape index (κ1) is 22.4. The molecule has 0 heterocycles. The van der Waals surface area contributed by atoms with Crippen molar-refractivity contribution < 1.29 is 28.8 Å². The second kappa shape index (κ2) is 10.2. The number of ether oxygens (including phenoxy) is 2. The topological polar surface area (TPSA) is 125 Å². The molecule has 0 aromatic heterocycles. The van der Waals surface area contributed by atoms with E-state index in [1.165, 1.54) is 19.2 Å². The van der Waals surface area contributed by atoms with Crippen LogP contribution in [0.5, 0.6) is 5.75 Å². The summed E-state index contributed by atoms with van der Waals surface area (Å²) in [7, 11) is 1.28. The van der Waals surface area contributed by atoms with Gasteiger partial charge in [0, 0.05) is 29.1 Å². The Bertz CT molecular complexity index is 1180. The zero-order valence-corrected chi connectivity index (χ0v) is 17.2. The van der Waals surface area contributed by atoms with Gasteiger partial charge in [-0.1, -0.05) is 36.4 Å². The summed E-state index contributed by atoms with van der Waals surface area (Å²) in [6.07, 6.45) is -0.336. The number of carbonyl (C=O) groups excluding carboxylic acids is 3. The van der Waals surface area contributed by atoms with Gasteiger partial charge in [-0.05, 0) is 23.6 Å². The van der Waals surface area contributed by atoms with Gasteiger partial charge < -0.3 is 14.8 Å². The number of Topliss-reactive ketones (excluding diaryl/α,β-unsaturated/α-hetero) is 1. The average molecular weight is 436 g/mol. The lowest BCUT2D eigenvalue weighted by molar-refractivity contribution is -0.385. The molecule has 0 aliphatic heterocycles. The molecule has 0 radical (unpaired) electrons. The Morgan fingerprint density at radius 1 is 1.00 bits per heavy atom. The average Bonchev–Trinajstić information content (AvgIpc) is 2.81. The molecule has 9 nitrogen and oxygen atoms in total. The summed E-state index contributed by atoms with van der Waals surface area (Å²) in [5.41, 5.74) is 0.284. The predicted octanol–water partition coefficient (Wildman–Crippen LogP) is 3.90. The van der Waals surface area contributed by atoms with Gasteiger partial charge in [-0.3, -0.25) is 24.5 Å². The Labute approximate surface area is 183 Å². The summed E-state index contributed by atoms with van der Waals surface area (Å²) < 4.78 is 9.80. The molecule has 0 fully saturated rings. The fourth-order valence-electron chi connectivity index (χ4n) is 3.07. The molecule has 0 spiro atoms. The number of nitro benzene ring substituents is 1. The lowest BCUT2D eigenvalue weighted by Gasteiger charge is -2.09. The number of nitrogens with zero attached hydrogens (tertiary/aromatic N) is 1. The molecule has 9 heteroatoms. The van der Waals surface area contributed by atoms with Crippen molar-refractivity contribution in [2.75, 3.05) is 19.0 Å². The number of amides is 1. The molecule has 3 rings (SSSR count). The quantitative estimate of drug-likeness (QED) is 0.233. The molecule has 0 saturated heterocycles. The van der Waals surface area contributed by atoms with Crippen LogP contribution in [0, 0.1) is 10.1 Å². The SMILES string of the molecule is COc1ccc(C(=O)COC(=O)CCC(=O)Nc2cccc3ccccc23)cc1[N+](=O)[O-]. The first-order valence-corrected chi connectivity index (χ1v) is 9.68. The zero-order chi connectivity index (χ0) is 23.1. The number of nitro groups is 1. The van der Waals surface area contributed by atoms with Crippen LogP contribution in [-0.2, 0) is 14.3 Å². The number of rotatable bonds is 9. The number of nitrogens with one attached hydrogen (secondary N) is 1. The largest absolute Gasteiger partial charge is 0.490 e. The van der Waals surface area contributed by atoms with Gasteiger partial charge in [-0.2, -0.15) is 0 Å². The van der Waals surface area contributed by atoms with Crippen molar-refractivity contribution >= 4 is 39.8 Å². The number of methoxy groups -OCH3 is 1. The minimum atomic E-state index is -0.727. The van der Waals surface area contributed by atoms with E-state index in [0.717, 1.165) is 16.8 Å². The van der Waals surface area contributed by atoms with E-state index >= 15 is 0 Å². The number of ketones is 1. The van der Waals surface area contributed by atoms with Gasteiger partial charge in [0.15, 0.2) is 12.4 Å². The van der Waals surface area contributed by atoms with Crippen molar-refractivity contribution in [2.24, 2.45) is 0 Å². The van der Waals surface area contributed by atoms with Crippen molar-refractivity contribution in [2.45, 2.75) is 12.8 Å². The summed E-state index contributed by atoms with van der Waals surface area (Å²) in [5.74, 6) is -1.69. The van der Waals surface area contributed by atoms with E-state index in [9.17, 15) is 24.5 Å². The Morgan fingerprint density at radius 3 is 2.50 bits per heavy atom. The van der Waals surface area contributed by atoms with Gasteiger partial charge in [0.2, 0.25) is 11.7 Å². The van der Waals surface area contributed by atoms with Crippen molar-refractivity contribution in [1.29, 1.82) is 0 Å². The molecule has 32 heavy (non-hydrogen) atoms. The number of esters is 1. The standard InChI is InChI=1S/C23H20N2O7/c1-31-21-10-9-16(13-19(21)25(29)30)20(26)14-32-23(28)12-11-22(27)24-18-8-4-6-15-5-2-3-7-17(15)18/h2-10,13H,11-12,14H2,1H3,(H,24,27). The Kier molecular flexibility index (Phi) is 7.12. The maximum absolute atomic E-state index is 12.2. The molecule has 0 unspecified atom stereocenters. The van der Waals surface area contributed by atoms with Gasteiger partial charge in [0.05, 0.1) is 18.5 Å². The third kappa shape index (κ3) is 5.45. The van der Waals surface area contributed by atoms with Crippen LogP contribution in [0.2, 0.25) is 0 Å². The van der Waals surface area contributed by atoms with E-state index < -0.39 is 23.3 Å². The molecule has 0 aliphatic carbocycles. The van der Waals surface area contributed by atoms with Gasteiger partial charge in [-0.25, -0.2) is 0 Å². The molecule has 0 aliphatic rings. The third-order valence-corrected chi connectivity index (χ3v) is 4.68. The van der Waals surface area contributed by atoms with E-state index in [2.05, 4.69) is 5.32 Å². The Morgan fingerprint density at radius 2 is 1.75 bits per heavy atom. The molecular weight excluding hydrogens is 416 g/mol. The van der Waals surface area contributed by atoms with Crippen LogP contribution in [0.1, 0.15) is 23.2 Å². The second-order valence-electron chi connectivity index (χ2n) is 6.80. The Hall–Kier alpha value is -4.27. The number of hydrogen-bond donors (Lipinski definition) is 1. The zero-order valence-electron chi connectivity index (χ0n) is 17.2. The van der Waals surface area contributed by atoms with E-state index in [-0.39, 0.29) is 35.7 Å². The van der Waals surface area contributed by atoms with E-state index in [1.54, 1.807) is 6.07 Å². The van der Waals surface area contributed by atoms with Crippen LogP contribution in [0.25, 0.3) is 10.8 Å². The third-order valence-electron chi connectivity index (χ3n) is 4.68. The molecule has 3 aromatic rings. The van der Waals surface area contributed by atoms with Gasteiger partial charge >= 0.3 is 11.7 Å². The summed E-state index contributed by atoms with van der Waals surface area (Å²) in [6.45, 7) is -0.590. The van der Waals surface area contributed by atoms with Crippen molar-refractivity contribution in [3.63, 3.8) is 0 Å². The lowest BCUT2D eigenvalue weighted by Crippen LogP contribution is -2.17. The van der Waals surface area contributed by atoms with Crippen molar-refractivity contribution in [3.8, 4) is 5.75 Å². The minimum absolute atomic E-state index is 0.0130.